The highest BCUT2D eigenvalue weighted by Crippen LogP contribution is 2.22. The van der Waals surface area contributed by atoms with Crippen LogP contribution < -0.4 is 10.8 Å². The van der Waals surface area contributed by atoms with Gasteiger partial charge in [0.1, 0.15) is 42.1 Å². The van der Waals surface area contributed by atoms with Gasteiger partial charge in [-0.25, -0.2) is 19.9 Å². The molecule has 1 aromatic carbocycles. The number of nitrogens with one attached hydrogen (secondary N) is 2. The van der Waals surface area contributed by atoms with E-state index in [2.05, 4.69) is 67.2 Å². The van der Waals surface area contributed by atoms with Crippen molar-refractivity contribution in [1.82, 2.24) is 25.5 Å². The van der Waals surface area contributed by atoms with Crippen LogP contribution in [0.3, 0.4) is 0 Å². The number of likely N-dealkylation sites (N-methyl/N-ethyl adjacent to an activating group) is 1. The minimum absolute atomic E-state index is 0.0205. The number of hydroxylamine groups is 1. The highest BCUT2D eigenvalue weighted by atomic mass is 16.6. The van der Waals surface area contributed by atoms with Crippen molar-refractivity contribution in [3.63, 3.8) is 0 Å². The average Bonchev–Trinajstić information content (AvgIpc) is 3.35. The van der Waals surface area contributed by atoms with Crippen LogP contribution in [0, 0.1) is 28.6 Å². The highest BCUT2D eigenvalue weighted by molar-refractivity contribution is 6.14. The number of allylic oxidation sites excluding steroid dienone is 6. The molecule has 2 rings (SSSR count). The van der Waals surface area contributed by atoms with E-state index >= 15 is 0 Å². The van der Waals surface area contributed by atoms with Crippen molar-refractivity contribution in [2.45, 2.75) is 93.0 Å². The number of nitriles is 2. The lowest BCUT2D eigenvalue weighted by Gasteiger charge is -2.24. The molecule has 1 fully saturated rings. The fourth-order valence-corrected chi connectivity index (χ4v) is 5.73. The minimum atomic E-state index is -0.743. The van der Waals surface area contributed by atoms with Crippen LogP contribution in [0.1, 0.15) is 92.2 Å². The van der Waals surface area contributed by atoms with Gasteiger partial charge in [0.2, 0.25) is 0 Å². The van der Waals surface area contributed by atoms with Crippen molar-refractivity contribution in [3.05, 3.63) is 107 Å². The van der Waals surface area contributed by atoms with Crippen molar-refractivity contribution >= 4 is 29.8 Å². The molecule has 0 saturated carbocycles. The van der Waals surface area contributed by atoms with Gasteiger partial charge in [-0.3, -0.25) is 14.4 Å². The Hall–Kier alpha value is -6.73. The largest absolute Gasteiger partial charge is 0.462 e. The second-order valence-electron chi connectivity index (χ2n) is 17.3. The SMILES string of the molecule is CC(=O)OCCOC(=O)C(C#N)=CC=CN(C)C.CC(C)(C)c1ccc(CNC(=O)C(C#N)=CC=CN2CCOCC2)cc1.CCCCC(CC)COC(=O)C(=CC=CN(C)CCONCC)C(=O)OCC. The first-order chi connectivity index (χ1) is 34.4. The van der Waals surface area contributed by atoms with Crippen LogP contribution in [0.4, 0.5) is 0 Å². The normalized spacial score (nSPS) is 13.4. The molecule has 1 amide bonds. The van der Waals surface area contributed by atoms with Gasteiger partial charge in [0.25, 0.3) is 5.91 Å². The molecule has 0 spiro atoms. The maximum atomic E-state index is 12.4. The third-order valence-electron chi connectivity index (χ3n) is 9.96. The van der Waals surface area contributed by atoms with Crippen molar-refractivity contribution in [3.8, 4) is 12.1 Å². The number of hydrogen-bond donors (Lipinski definition) is 2. The fourth-order valence-electron chi connectivity index (χ4n) is 5.73. The van der Waals surface area contributed by atoms with E-state index in [1.54, 1.807) is 54.6 Å². The summed E-state index contributed by atoms with van der Waals surface area (Å²) in [5, 5.41) is 20.8. The van der Waals surface area contributed by atoms with Crippen molar-refractivity contribution in [2.24, 2.45) is 5.92 Å². The maximum absolute atomic E-state index is 12.4. The molecule has 0 radical (unpaired) electrons. The van der Waals surface area contributed by atoms with Gasteiger partial charge in [0.05, 0.1) is 33.0 Å². The molecule has 1 saturated heterocycles. The quantitative estimate of drug-likeness (QED) is 0.0107. The Morgan fingerprint density at radius 3 is 2.00 bits per heavy atom. The Labute approximate surface area is 428 Å². The number of amides is 1. The van der Waals surface area contributed by atoms with E-state index in [-0.39, 0.29) is 47.9 Å². The van der Waals surface area contributed by atoms with E-state index in [1.807, 2.05) is 57.4 Å². The zero-order valence-corrected chi connectivity index (χ0v) is 44.6. The number of unbranched alkanes of at least 4 members (excludes halogenated alkanes) is 1. The molecule has 1 heterocycles. The van der Waals surface area contributed by atoms with Gasteiger partial charge in [0.15, 0.2) is 0 Å². The summed E-state index contributed by atoms with van der Waals surface area (Å²) in [5.41, 5.74) is 5.02. The number of ether oxygens (including phenoxy) is 5. The highest BCUT2D eigenvalue weighted by Gasteiger charge is 2.22. The lowest BCUT2D eigenvalue weighted by atomic mass is 9.87. The third kappa shape index (κ3) is 32.2. The number of carbonyl (C=O) groups is 5. The van der Waals surface area contributed by atoms with Crippen molar-refractivity contribution < 1.29 is 52.5 Å². The van der Waals surface area contributed by atoms with Gasteiger partial charge in [-0.1, -0.05) is 85.1 Å². The summed E-state index contributed by atoms with van der Waals surface area (Å²) in [5.74, 6) is -2.55. The molecule has 18 heteroatoms. The van der Waals surface area contributed by atoms with Crippen LogP contribution >= 0.6 is 0 Å². The second-order valence-corrected chi connectivity index (χ2v) is 17.3. The minimum Gasteiger partial charge on any atom is -0.462 e. The molecule has 0 bridgehead atoms. The number of carbonyl (C=O) groups excluding carboxylic acids is 5. The summed E-state index contributed by atoms with van der Waals surface area (Å²) in [6.45, 7) is 21.4. The van der Waals surface area contributed by atoms with Crippen molar-refractivity contribution in [1.29, 1.82) is 10.5 Å². The summed E-state index contributed by atoms with van der Waals surface area (Å²) in [7, 11) is 5.50. The Morgan fingerprint density at radius 2 is 1.43 bits per heavy atom. The molecular formula is C54H81N7O11. The zero-order valence-electron chi connectivity index (χ0n) is 44.6. The predicted molar refractivity (Wildman–Crippen MR) is 277 cm³/mol. The Kier molecular flexibility index (Phi) is 36.2. The number of nitrogens with zero attached hydrogens (tertiary/aromatic N) is 5. The van der Waals surface area contributed by atoms with E-state index in [0.29, 0.717) is 45.4 Å². The fraction of sp³-hybridized carbons (Fsp3) is 0.537. The molecule has 1 aliphatic heterocycles. The number of rotatable bonds is 27. The molecule has 0 aliphatic carbocycles. The molecule has 1 aliphatic rings. The molecule has 0 aromatic heterocycles. The van der Waals surface area contributed by atoms with Crippen LogP contribution in [0.2, 0.25) is 0 Å². The Morgan fingerprint density at radius 1 is 0.806 bits per heavy atom. The Balaban J connectivity index is 0.00000108. The van der Waals surface area contributed by atoms with Crippen LogP contribution in [-0.2, 0) is 64.5 Å². The Bertz CT molecular complexity index is 2030. The van der Waals surface area contributed by atoms with Crippen LogP contribution in [0.5, 0.6) is 0 Å². The topological polar surface area (TPSA) is 222 Å². The van der Waals surface area contributed by atoms with E-state index < -0.39 is 23.9 Å². The first-order valence-electron chi connectivity index (χ1n) is 24.4. The molecular weight excluding hydrogens is 923 g/mol. The lowest BCUT2D eigenvalue weighted by molar-refractivity contribution is -0.148. The molecule has 398 valence electrons. The maximum Gasteiger partial charge on any atom is 0.349 e. The van der Waals surface area contributed by atoms with E-state index in [1.165, 1.54) is 24.6 Å². The van der Waals surface area contributed by atoms with Crippen LogP contribution in [0.25, 0.3) is 0 Å². The van der Waals surface area contributed by atoms with Gasteiger partial charge in [-0.05, 0) is 90.9 Å². The number of esters is 4. The summed E-state index contributed by atoms with van der Waals surface area (Å²) in [6, 6.07) is 11.9. The molecule has 18 nitrogen and oxygen atoms in total. The summed E-state index contributed by atoms with van der Waals surface area (Å²) in [4.78, 5) is 69.5. The molecule has 72 heavy (non-hydrogen) atoms. The molecule has 2 N–H and O–H groups in total. The second kappa shape index (κ2) is 39.9. The number of benzene rings is 1. The monoisotopic (exact) mass is 1000 g/mol. The first kappa shape index (κ1) is 65.3. The predicted octanol–water partition coefficient (Wildman–Crippen LogP) is 6.74. The first-order valence-corrected chi connectivity index (χ1v) is 24.4. The summed E-state index contributed by atoms with van der Waals surface area (Å²) in [6.07, 6.45) is 18.8. The molecule has 1 unspecified atom stereocenters. The zero-order chi connectivity index (χ0) is 54.2. The summed E-state index contributed by atoms with van der Waals surface area (Å²) < 4.78 is 25.0. The van der Waals surface area contributed by atoms with Gasteiger partial charge in [-0.15, -0.1) is 0 Å². The third-order valence-corrected chi connectivity index (χ3v) is 9.96. The average molecular weight is 1000 g/mol. The lowest BCUT2D eigenvalue weighted by Crippen LogP contribution is -2.31. The van der Waals surface area contributed by atoms with Crippen molar-refractivity contribution in [2.75, 3.05) is 93.6 Å². The number of hydrogen-bond acceptors (Lipinski definition) is 17. The standard InChI is InChI=1S/C21H27N3O2.C21H38N2O5.C12H16N2O4/c1-21(2,3)19-8-6-17(7-9-19)16-23-20(25)18(15-22)5-4-10-24-11-13-26-14-12-24;1-6-10-12-18(7-2)17-27-21(25)19(20(24)26-9-4)13-11-14-23(5)15-16-28-22-8-3;1-10(15)17-7-8-18-12(16)11(9-13)5-4-6-14(2)3/h4-10H,11-14,16H2,1-3H3,(H,23,25);11,13-14,18,22H,6-10,12,15-17H2,1-5H3;4-6H,7-8H2,1-3H3. The molecule has 1 aromatic rings. The molecule has 1 atom stereocenters. The van der Waals surface area contributed by atoms with Crippen LogP contribution in [0.15, 0.2) is 96.0 Å². The van der Waals surface area contributed by atoms with Gasteiger partial charge in [-0.2, -0.15) is 10.5 Å². The van der Waals surface area contributed by atoms with Gasteiger partial charge < -0.3 is 43.7 Å². The van der Waals surface area contributed by atoms with Crippen LogP contribution in [-0.4, -0.2) is 138 Å². The van der Waals surface area contributed by atoms with E-state index in [4.69, 9.17) is 29.0 Å². The summed E-state index contributed by atoms with van der Waals surface area (Å²) >= 11 is 0. The van der Waals surface area contributed by atoms with E-state index in [9.17, 15) is 29.2 Å². The van der Waals surface area contributed by atoms with Gasteiger partial charge >= 0.3 is 23.9 Å². The van der Waals surface area contributed by atoms with E-state index in [0.717, 1.165) is 50.9 Å². The number of morpholine rings is 1. The smallest absolute Gasteiger partial charge is 0.349 e. The van der Waals surface area contributed by atoms with Gasteiger partial charge in [0, 0.05) is 60.8 Å².